The third-order valence-electron chi connectivity index (χ3n) is 1.84. The number of urea groups is 1. The number of aliphatic hydroxyl groups is 1. The van der Waals surface area contributed by atoms with E-state index in [2.05, 4.69) is 10.6 Å². The molecule has 3 N–H and O–H groups in total. The van der Waals surface area contributed by atoms with E-state index >= 15 is 0 Å². The van der Waals surface area contributed by atoms with Crippen LogP contribution in [0.25, 0.3) is 0 Å². The van der Waals surface area contributed by atoms with Crippen LogP contribution in [0, 0.1) is 0 Å². The number of rotatable bonds is 6. The zero-order valence-corrected chi connectivity index (χ0v) is 9.21. The highest BCUT2D eigenvalue weighted by molar-refractivity contribution is 5.73. The average molecular weight is 203 g/mol. The molecule has 0 aromatic carbocycles. The number of amides is 2. The fourth-order valence-corrected chi connectivity index (χ4v) is 0.829. The minimum atomic E-state index is -0.292. The lowest BCUT2D eigenvalue weighted by atomic mass is 10.3. The second kappa shape index (κ2) is 7.58. The first kappa shape index (κ1) is 13.2. The first-order valence-electron chi connectivity index (χ1n) is 4.91. The van der Waals surface area contributed by atoms with E-state index in [1.54, 1.807) is 14.1 Å². The molecule has 14 heavy (non-hydrogen) atoms. The molecule has 84 valence electrons. The molecule has 0 aromatic rings. The van der Waals surface area contributed by atoms with E-state index in [0.29, 0.717) is 19.6 Å². The lowest BCUT2D eigenvalue weighted by Crippen LogP contribution is -2.39. The van der Waals surface area contributed by atoms with Crippen LogP contribution in [0.3, 0.4) is 0 Å². The SMILES string of the molecule is CCC(O)CNCCNC(=O)N(C)C. The number of carbonyl (C=O) groups excluding carboxylic acids is 1. The quantitative estimate of drug-likeness (QED) is 0.516. The van der Waals surface area contributed by atoms with E-state index in [1.165, 1.54) is 4.90 Å². The molecule has 1 unspecified atom stereocenters. The smallest absolute Gasteiger partial charge is 0.316 e. The van der Waals surface area contributed by atoms with E-state index in [-0.39, 0.29) is 12.1 Å². The second-order valence-corrected chi connectivity index (χ2v) is 3.39. The van der Waals surface area contributed by atoms with E-state index in [9.17, 15) is 9.90 Å². The van der Waals surface area contributed by atoms with Gasteiger partial charge < -0.3 is 20.6 Å². The molecule has 0 saturated heterocycles. The second-order valence-electron chi connectivity index (χ2n) is 3.39. The van der Waals surface area contributed by atoms with Crippen molar-refractivity contribution < 1.29 is 9.90 Å². The lowest BCUT2D eigenvalue weighted by molar-refractivity contribution is 0.167. The van der Waals surface area contributed by atoms with Gasteiger partial charge in [-0.2, -0.15) is 0 Å². The Balaban J connectivity index is 3.26. The predicted octanol–water partition coefficient (Wildman–Crippen LogP) is -0.382. The summed E-state index contributed by atoms with van der Waals surface area (Å²) in [6, 6.07) is -0.0946. The van der Waals surface area contributed by atoms with Crippen LogP contribution in [0.2, 0.25) is 0 Å². The van der Waals surface area contributed by atoms with Crippen LogP contribution in [-0.2, 0) is 0 Å². The molecule has 0 rings (SSSR count). The van der Waals surface area contributed by atoms with Crippen LogP contribution in [0.5, 0.6) is 0 Å². The molecule has 0 aliphatic rings. The normalized spacial score (nSPS) is 12.3. The fourth-order valence-electron chi connectivity index (χ4n) is 0.829. The van der Waals surface area contributed by atoms with Gasteiger partial charge in [0.15, 0.2) is 0 Å². The van der Waals surface area contributed by atoms with Gasteiger partial charge >= 0.3 is 6.03 Å². The summed E-state index contributed by atoms with van der Waals surface area (Å²) in [5.41, 5.74) is 0. The van der Waals surface area contributed by atoms with Crippen LogP contribution in [0.15, 0.2) is 0 Å². The molecule has 0 radical (unpaired) electrons. The number of aliphatic hydroxyl groups excluding tert-OH is 1. The van der Waals surface area contributed by atoms with Crippen molar-refractivity contribution in [3.63, 3.8) is 0 Å². The van der Waals surface area contributed by atoms with Gasteiger partial charge in [-0.3, -0.25) is 0 Å². The van der Waals surface area contributed by atoms with Crippen molar-refractivity contribution in [3.8, 4) is 0 Å². The molecule has 2 amide bonds. The average Bonchev–Trinajstić information content (AvgIpc) is 2.16. The van der Waals surface area contributed by atoms with Crippen molar-refractivity contribution in [1.82, 2.24) is 15.5 Å². The molecule has 0 aliphatic heterocycles. The molecule has 0 spiro atoms. The minimum Gasteiger partial charge on any atom is -0.392 e. The molecular formula is C9H21N3O2. The van der Waals surface area contributed by atoms with Crippen LogP contribution < -0.4 is 10.6 Å². The van der Waals surface area contributed by atoms with Crippen LogP contribution >= 0.6 is 0 Å². The Morgan fingerprint density at radius 2 is 2.07 bits per heavy atom. The molecular weight excluding hydrogens is 182 g/mol. The minimum absolute atomic E-state index is 0.0946. The molecule has 0 fully saturated rings. The summed E-state index contributed by atoms with van der Waals surface area (Å²) in [5, 5.41) is 15.0. The van der Waals surface area contributed by atoms with Gasteiger partial charge in [0.2, 0.25) is 0 Å². The van der Waals surface area contributed by atoms with Gasteiger partial charge in [0.25, 0.3) is 0 Å². The maximum atomic E-state index is 11.0. The molecule has 0 aliphatic carbocycles. The van der Waals surface area contributed by atoms with Crippen LogP contribution in [0.1, 0.15) is 13.3 Å². The summed E-state index contributed by atoms with van der Waals surface area (Å²) in [4.78, 5) is 12.5. The fraction of sp³-hybridized carbons (Fsp3) is 0.889. The standard InChI is InChI=1S/C9H21N3O2/c1-4-8(13)7-10-5-6-11-9(14)12(2)3/h8,10,13H,4-7H2,1-3H3,(H,11,14). The van der Waals surface area contributed by atoms with Gasteiger partial charge in [0.05, 0.1) is 6.10 Å². The van der Waals surface area contributed by atoms with E-state index < -0.39 is 0 Å². The monoisotopic (exact) mass is 203 g/mol. The molecule has 0 heterocycles. The molecule has 0 aromatic heterocycles. The molecule has 0 bridgehead atoms. The zero-order valence-electron chi connectivity index (χ0n) is 9.21. The van der Waals surface area contributed by atoms with Crippen molar-refractivity contribution in [1.29, 1.82) is 0 Å². The number of hydrogen-bond donors (Lipinski definition) is 3. The Bertz CT molecular complexity index is 162. The largest absolute Gasteiger partial charge is 0.392 e. The number of nitrogens with zero attached hydrogens (tertiary/aromatic N) is 1. The summed E-state index contributed by atoms with van der Waals surface area (Å²) in [6.07, 6.45) is 0.455. The van der Waals surface area contributed by atoms with Crippen molar-refractivity contribution in [2.24, 2.45) is 0 Å². The lowest BCUT2D eigenvalue weighted by Gasteiger charge is -2.13. The topological polar surface area (TPSA) is 64.6 Å². The van der Waals surface area contributed by atoms with E-state index in [1.807, 2.05) is 6.92 Å². The molecule has 0 saturated carbocycles. The first-order valence-corrected chi connectivity index (χ1v) is 4.91. The Morgan fingerprint density at radius 1 is 1.43 bits per heavy atom. The Kier molecular flexibility index (Phi) is 7.14. The summed E-state index contributed by atoms with van der Waals surface area (Å²) < 4.78 is 0. The van der Waals surface area contributed by atoms with Gasteiger partial charge in [-0.05, 0) is 6.42 Å². The summed E-state index contributed by atoms with van der Waals surface area (Å²) in [5.74, 6) is 0. The summed E-state index contributed by atoms with van der Waals surface area (Å²) >= 11 is 0. The predicted molar refractivity (Wildman–Crippen MR) is 56.3 cm³/mol. The van der Waals surface area contributed by atoms with Crippen molar-refractivity contribution in [2.75, 3.05) is 33.7 Å². The highest BCUT2D eigenvalue weighted by Gasteiger charge is 2.01. The number of nitrogens with one attached hydrogen (secondary N) is 2. The Morgan fingerprint density at radius 3 is 2.57 bits per heavy atom. The van der Waals surface area contributed by atoms with Crippen molar-refractivity contribution in [3.05, 3.63) is 0 Å². The van der Waals surface area contributed by atoms with Crippen molar-refractivity contribution in [2.45, 2.75) is 19.4 Å². The molecule has 5 nitrogen and oxygen atoms in total. The van der Waals surface area contributed by atoms with Gasteiger partial charge in [-0.15, -0.1) is 0 Å². The first-order chi connectivity index (χ1) is 6.57. The van der Waals surface area contributed by atoms with Gasteiger partial charge in [0, 0.05) is 33.7 Å². The summed E-state index contributed by atoms with van der Waals surface area (Å²) in [7, 11) is 3.40. The van der Waals surface area contributed by atoms with E-state index in [4.69, 9.17) is 0 Å². The van der Waals surface area contributed by atoms with Crippen LogP contribution in [0.4, 0.5) is 4.79 Å². The van der Waals surface area contributed by atoms with Crippen LogP contribution in [-0.4, -0.2) is 55.9 Å². The number of hydrogen-bond acceptors (Lipinski definition) is 3. The highest BCUT2D eigenvalue weighted by Crippen LogP contribution is 1.85. The maximum Gasteiger partial charge on any atom is 0.316 e. The van der Waals surface area contributed by atoms with Crippen molar-refractivity contribution >= 4 is 6.03 Å². The number of carbonyl (C=O) groups is 1. The Hall–Kier alpha value is -0.810. The van der Waals surface area contributed by atoms with Gasteiger partial charge in [-0.25, -0.2) is 4.79 Å². The van der Waals surface area contributed by atoms with Gasteiger partial charge in [-0.1, -0.05) is 6.92 Å². The highest BCUT2D eigenvalue weighted by atomic mass is 16.3. The van der Waals surface area contributed by atoms with Gasteiger partial charge in [0.1, 0.15) is 0 Å². The third-order valence-corrected chi connectivity index (χ3v) is 1.84. The molecule has 1 atom stereocenters. The Labute approximate surface area is 85.5 Å². The van der Waals surface area contributed by atoms with E-state index in [0.717, 1.165) is 6.42 Å². The summed E-state index contributed by atoms with van der Waals surface area (Å²) in [6.45, 7) is 3.76. The molecule has 5 heteroatoms. The zero-order chi connectivity index (χ0) is 11.0. The maximum absolute atomic E-state index is 11.0. The third kappa shape index (κ3) is 6.68.